The summed E-state index contributed by atoms with van der Waals surface area (Å²) in [5.41, 5.74) is 11.3. The van der Waals surface area contributed by atoms with Gasteiger partial charge in [-0.05, 0) is 40.7 Å². The fraction of sp³-hybridized carbons (Fsp3) is 0.238. The highest BCUT2D eigenvalue weighted by Crippen LogP contribution is 2.31. The summed E-state index contributed by atoms with van der Waals surface area (Å²) < 4.78 is 22.5. The van der Waals surface area contributed by atoms with Gasteiger partial charge < -0.3 is 26.4 Å². The molecule has 1 aromatic carbocycles. The van der Waals surface area contributed by atoms with E-state index in [1.54, 1.807) is 0 Å². The average molecular weight is 492 g/mol. The summed E-state index contributed by atoms with van der Waals surface area (Å²) in [4.78, 5) is 40.6. The number of hydrogen-bond donors (Lipinski definition) is 3. The van der Waals surface area contributed by atoms with E-state index in [1.807, 2.05) is 17.5 Å². The van der Waals surface area contributed by atoms with Gasteiger partial charge in [0.25, 0.3) is 11.8 Å². The second-order valence-corrected chi connectivity index (χ2v) is 8.69. The van der Waals surface area contributed by atoms with Gasteiger partial charge in [-0.15, -0.1) is 11.3 Å². The molecule has 3 aromatic rings. The molecule has 3 amide bonds. The van der Waals surface area contributed by atoms with Crippen LogP contribution in [-0.4, -0.2) is 47.3 Å². The normalized spacial score (nSPS) is 11.7. The number of primary amides is 1. The standard InChI is InChI=1S/C21H22FN5O4S2/c1-31-9-8-25-20(29)17(12-4-6-13(22)7-5-12)27(11-14-3-2-10-32-14)21(30)18-15(23)16(19(24)28)26-33-18/h2-7,10,17H,8-9,11,23H2,1H3,(H2,24,28)(H,25,29)/t17-/m0/s1. The number of hydrogen-bond acceptors (Lipinski definition) is 8. The van der Waals surface area contributed by atoms with Crippen molar-refractivity contribution in [2.45, 2.75) is 12.6 Å². The maximum absolute atomic E-state index is 13.6. The number of methoxy groups -OCH3 is 1. The Labute approximate surface area is 197 Å². The van der Waals surface area contributed by atoms with Crippen molar-refractivity contribution < 1.29 is 23.5 Å². The highest BCUT2D eigenvalue weighted by atomic mass is 32.1. The van der Waals surface area contributed by atoms with Crippen LogP contribution in [0.3, 0.4) is 0 Å². The van der Waals surface area contributed by atoms with Crippen LogP contribution < -0.4 is 16.8 Å². The van der Waals surface area contributed by atoms with Crippen LogP contribution in [0.15, 0.2) is 41.8 Å². The summed E-state index contributed by atoms with van der Waals surface area (Å²) in [5, 5.41) is 4.58. The number of thiophene rings is 1. The minimum Gasteiger partial charge on any atom is -0.395 e. The smallest absolute Gasteiger partial charge is 0.270 e. The van der Waals surface area contributed by atoms with Gasteiger partial charge in [0.15, 0.2) is 5.69 Å². The Morgan fingerprint density at radius 3 is 2.55 bits per heavy atom. The number of anilines is 1. The zero-order valence-corrected chi connectivity index (χ0v) is 19.2. The number of carbonyl (C=O) groups is 3. The first kappa shape index (κ1) is 24.3. The first-order chi connectivity index (χ1) is 15.8. The third-order valence-corrected chi connectivity index (χ3v) is 6.39. The van der Waals surface area contributed by atoms with Gasteiger partial charge in [0.05, 0.1) is 18.8 Å². The van der Waals surface area contributed by atoms with E-state index in [0.717, 1.165) is 16.4 Å². The number of carbonyl (C=O) groups excluding carboxylic acids is 3. The number of nitrogens with two attached hydrogens (primary N) is 2. The number of halogens is 1. The van der Waals surface area contributed by atoms with Crippen LogP contribution in [0, 0.1) is 5.82 Å². The monoisotopic (exact) mass is 491 g/mol. The molecule has 0 spiro atoms. The van der Waals surface area contributed by atoms with E-state index in [2.05, 4.69) is 9.69 Å². The molecule has 33 heavy (non-hydrogen) atoms. The molecule has 2 aromatic heterocycles. The Hall–Kier alpha value is -3.35. The molecule has 9 nitrogen and oxygen atoms in total. The predicted octanol–water partition coefficient (Wildman–Crippen LogP) is 2.17. The Morgan fingerprint density at radius 1 is 1.24 bits per heavy atom. The van der Waals surface area contributed by atoms with E-state index >= 15 is 0 Å². The lowest BCUT2D eigenvalue weighted by atomic mass is 10.0. The molecule has 0 bridgehead atoms. The molecule has 3 rings (SSSR count). The number of ether oxygens (including phenoxy) is 1. The third kappa shape index (κ3) is 5.72. The Kier molecular flexibility index (Phi) is 8.09. The van der Waals surface area contributed by atoms with Crippen LogP contribution in [-0.2, 0) is 16.1 Å². The highest BCUT2D eigenvalue weighted by Gasteiger charge is 2.35. The van der Waals surface area contributed by atoms with E-state index in [-0.39, 0.29) is 36.0 Å². The number of nitrogens with zero attached hydrogens (tertiary/aromatic N) is 2. The minimum absolute atomic E-state index is 0.0165. The molecule has 12 heteroatoms. The van der Waals surface area contributed by atoms with Gasteiger partial charge in [-0.2, -0.15) is 4.37 Å². The second-order valence-electron chi connectivity index (χ2n) is 6.89. The molecule has 0 aliphatic carbocycles. The van der Waals surface area contributed by atoms with Crippen molar-refractivity contribution in [2.75, 3.05) is 26.0 Å². The first-order valence-corrected chi connectivity index (χ1v) is 11.4. The summed E-state index contributed by atoms with van der Waals surface area (Å²) >= 11 is 2.13. The maximum Gasteiger partial charge on any atom is 0.270 e. The Bertz CT molecular complexity index is 1120. The second kappa shape index (κ2) is 11.0. The molecule has 0 unspecified atom stereocenters. The van der Waals surface area contributed by atoms with Crippen LogP contribution in [0.25, 0.3) is 0 Å². The lowest BCUT2D eigenvalue weighted by molar-refractivity contribution is -0.126. The lowest BCUT2D eigenvalue weighted by Gasteiger charge is -2.31. The molecule has 0 fully saturated rings. The number of nitrogens with one attached hydrogen (secondary N) is 1. The molecule has 0 radical (unpaired) electrons. The van der Waals surface area contributed by atoms with Crippen molar-refractivity contribution in [1.29, 1.82) is 0 Å². The van der Waals surface area contributed by atoms with Gasteiger partial charge in [0, 0.05) is 18.5 Å². The summed E-state index contributed by atoms with van der Waals surface area (Å²) in [5.74, 6) is -2.44. The molecule has 0 aliphatic heterocycles. The van der Waals surface area contributed by atoms with E-state index in [0.29, 0.717) is 5.56 Å². The quantitative estimate of drug-likeness (QED) is 0.371. The van der Waals surface area contributed by atoms with Gasteiger partial charge in [-0.1, -0.05) is 18.2 Å². The number of amides is 3. The molecule has 5 N–H and O–H groups in total. The van der Waals surface area contributed by atoms with Crippen molar-refractivity contribution in [3.05, 3.63) is 68.6 Å². The zero-order chi connectivity index (χ0) is 24.0. The van der Waals surface area contributed by atoms with Gasteiger partial charge >= 0.3 is 0 Å². The summed E-state index contributed by atoms with van der Waals surface area (Å²) in [6, 6.07) is 7.83. The van der Waals surface area contributed by atoms with Gasteiger partial charge in [-0.3, -0.25) is 14.4 Å². The number of aromatic nitrogens is 1. The van der Waals surface area contributed by atoms with Crippen molar-refractivity contribution in [3.8, 4) is 0 Å². The zero-order valence-electron chi connectivity index (χ0n) is 17.6. The topological polar surface area (TPSA) is 141 Å². The fourth-order valence-electron chi connectivity index (χ4n) is 3.10. The van der Waals surface area contributed by atoms with E-state index in [9.17, 15) is 18.8 Å². The molecule has 0 saturated carbocycles. The minimum atomic E-state index is -1.12. The van der Waals surface area contributed by atoms with Crippen LogP contribution >= 0.6 is 22.9 Å². The Morgan fingerprint density at radius 2 is 1.97 bits per heavy atom. The predicted molar refractivity (Wildman–Crippen MR) is 123 cm³/mol. The average Bonchev–Trinajstić information content (AvgIpc) is 3.44. The SMILES string of the molecule is COCCNC(=O)[C@H](c1ccc(F)cc1)N(Cc1cccs1)C(=O)c1snc(C(N)=O)c1N. The fourth-order valence-corrected chi connectivity index (χ4v) is 4.57. The highest BCUT2D eigenvalue weighted by molar-refractivity contribution is 7.10. The first-order valence-electron chi connectivity index (χ1n) is 9.73. The molecular weight excluding hydrogens is 469 g/mol. The number of rotatable bonds is 10. The van der Waals surface area contributed by atoms with Crippen molar-refractivity contribution in [2.24, 2.45) is 5.73 Å². The molecule has 1 atom stereocenters. The van der Waals surface area contributed by atoms with Crippen molar-refractivity contribution >= 4 is 46.3 Å². The van der Waals surface area contributed by atoms with Crippen molar-refractivity contribution in [3.63, 3.8) is 0 Å². The van der Waals surface area contributed by atoms with E-state index in [1.165, 1.54) is 47.6 Å². The number of nitrogen functional groups attached to an aromatic ring is 1. The summed E-state index contributed by atoms with van der Waals surface area (Å²) in [7, 11) is 1.50. The van der Waals surface area contributed by atoms with Crippen LogP contribution in [0.2, 0.25) is 0 Å². The number of benzene rings is 1. The summed E-state index contributed by atoms with van der Waals surface area (Å²) in [6.07, 6.45) is 0. The Balaban J connectivity index is 2.07. The third-order valence-electron chi connectivity index (χ3n) is 4.67. The van der Waals surface area contributed by atoms with Gasteiger partial charge in [0.1, 0.15) is 16.7 Å². The molecule has 0 saturated heterocycles. The van der Waals surface area contributed by atoms with E-state index < -0.39 is 29.6 Å². The molecule has 174 valence electrons. The molecular formula is C21H22FN5O4S2. The van der Waals surface area contributed by atoms with Gasteiger partial charge in [-0.25, -0.2) is 4.39 Å². The summed E-state index contributed by atoms with van der Waals surface area (Å²) in [6.45, 7) is 0.548. The largest absolute Gasteiger partial charge is 0.395 e. The van der Waals surface area contributed by atoms with Crippen LogP contribution in [0.4, 0.5) is 10.1 Å². The van der Waals surface area contributed by atoms with Gasteiger partial charge in [0.2, 0.25) is 5.91 Å². The maximum atomic E-state index is 13.6. The van der Waals surface area contributed by atoms with Crippen LogP contribution in [0.5, 0.6) is 0 Å². The molecule has 2 heterocycles. The van der Waals surface area contributed by atoms with Crippen LogP contribution in [0.1, 0.15) is 36.6 Å². The molecule has 0 aliphatic rings. The van der Waals surface area contributed by atoms with Crippen molar-refractivity contribution in [1.82, 2.24) is 14.6 Å². The van der Waals surface area contributed by atoms with E-state index in [4.69, 9.17) is 16.2 Å². The lowest BCUT2D eigenvalue weighted by Crippen LogP contribution is -2.44.